The molecular weight excluding hydrogens is 346 g/mol. The van der Waals surface area contributed by atoms with E-state index in [2.05, 4.69) is 4.74 Å². The summed E-state index contributed by atoms with van der Waals surface area (Å²) < 4.78 is 14.8. The molecule has 2 N–H and O–H groups in total. The maximum absolute atomic E-state index is 11.3. The molecule has 0 saturated carbocycles. The summed E-state index contributed by atoms with van der Waals surface area (Å²) >= 11 is 0. The molecule has 0 fully saturated rings. The average molecular weight is 382 g/mol. The molecule has 0 rings (SSSR count). The Balaban J connectivity index is -0.0000000933. The van der Waals surface area contributed by atoms with Gasteiger partial charge in [-0.2, -0.15) is 27.0 Å². The summed E-state index contributed by atoms with van der Waals surface area (Å²) in [5, 5.41) is 0. The predicted octanol–water partition coefficient (Wildman–Crippen LogP) is 2.63. The molecule has 2 atom stereocenters. The summed E-state index contributed by atoms with van der Waals surface area (Å²) in [5.41, 5.74) is 4.89. The van der Waals surface area contributed by atoms with Gasteiger partial charge in [0.15, 0.2) is 0 Å². The van der Waals surface area contributed by atoms with Crippen molar-refractivity contribution < 1.29 is 19.0 Å². The lowest BCUT2D eigenvalue weighted by molar-refractivity contribution is -0.156. The Morgan fingerprint density at radius 1 is 1.05 bits per heavy atom. The van der Waals surface area contributed by atoms with Crippen molar-refractivity contribution in [3.63, 3.8) is 0 Å². The van der Waals surface area contributed by atoms with Crippen molar-refractivity contribution in [2.75, 3.05) is 27.4 Å². The minimum Gasteiger partial charge on any atom is -0.460 e. The van der Waals surface area contributed by atoms with Gasteiger partial charge in [-0.05, 0) is 33.6 Å². The van der Waals surface area contributed by atoms with Gasteiger partial charge in [0.2, 0.25) is 0 Å². The fourth-order valence-corrected chi connectivity index (χ4v) is 1.27. The fourth-order valence-electron chi connectivity index (χ4n) is 1.27. The Hall–Kier alpha value is 0.340. The highest BCUT2D eigenvalue weighted by molar-refractivity contribution is 7.59. The third kappa shape index (κ3) is 32.3. The topological polar surface area (TPSA) is 70.8 Å². The Bertz CT molecular complexity index is 239. The molecule has 0 aliphatic carbocycles. The van der Waals surface area contributed by atoms with Crippen LogP contribution in [0.25, 0.3) is 0 Å². The van der Waals surface area contributed by atoms with Crippen molar-refractivity contribution in [3.8, 4) is 0 Å². The molecule has 5 nitrogen and oxygen atoms in total. The number of ether oxygens (including phenoxy) is 3. The zero-order valence-electron chi connectivity index (χ0n) is 14.9. The second-order valence-corrected chi connectivity index (χ2v) is 5.78. The van der Waals surface area contributed by atoms with E-state index < -0.39 is 0 Å². The molecule has 0 bridgehead atoms. The first-order chi connectivity index (χ1) is 8.62. The highest BCUT2D eigenvalue weighted by Gasteiger charge is 2.18. The van der Waals surface area contributed by atoms with Crippen LogP contribution in [0.3, 0.4) is 0 Å². The highest BCUT2D eigenvalue weighted by atomic mass is 35.5. The van der Waals surface area contributed by atoms with Crippen LogP contribution >= 0.6 is 39.4 Å². The molecule has 0 aromatic heterocycles. The molecule has 140 valence electrons. The third-order valence-electron chi connectivity index (χ3n) is 1.82. The smallest absolute Gasteiger partial charge is 0.306 e. The van der Waals surface area contributed by atoms with E-state index in [4.69, 9.17) is 15.2 Å². The van der Waals surface area contributed by atoms with Gasteiger partial charge in [-0.1, -0.05) is 6.92 Å². The minimum atomic E-state index is -0.385. The van der Waals surface area contributed by atoms with Gasteiger partial charge in [-0.3, -0.25) is 4.79 Å². The van der Waals surface area contributed by atoms with Gasteiger partial charge in [0.25, 0.3) is 0 Å². The quantitative estimate of drug-likeness (QED) is 0.716. The van der Waals surface area contributed by atoms with E-state index in [0.29, 0.717) is 19.6 Å². The lowest BCUT2D eigenvalue weighted by Gasteiger charge is -2.20. The maximum Gasteiger partial charge on any atom is 0.306 e. The van der Waals surface area contributed by atoms with E-state index in [-0.39, 0.29) is 62.9 Å². The maximum atomic E-state index is 11.3. The summed E-state index contributed by atoms with van der Waals surface area (Å²) in [6.45, 7) is 10.7. The minimum absolute atomic E-state index is 0. The van der Waals surface area contributed by atoms with Crippen molar-refractivity contribution in [2.24, 2.45) is 11.7 Å². The highest BCUT2D eigenvalue weighted by Crippen LogP contribution is 2.11. The van der Waals surface area contributed by atoms with Crippen LogP contribution < -0.4 is 5.73 Å². The van der Waals surface area contributed by atoms with Gasteiger partial charge >= 0.3 is 5.97 Å². The average Bonchev–Trinajstić information content (AvgIpc) is 2.14. The first-order valence-corrected chi connectivity index (χ1v) is 6.57. The lowest BCUT2D eigenvalue weighted by Crippen LogP contribution is -2.25. The number of hydrogen-bond acceptors (Lipinski definition) is 5. The first kappa shape index (κ1) is 33.8. The number of carbonyl (C=O) groups is 1. The third-order valence-corrected chi connectivity index (χ3v) is 1.82. The van der Waals surface area contributed by atoms with Crippen molar-refractivity contribution in [3.05, 3.63) is 0 Å². The fraction of sp³-hybridized carbons (Fsp3) is 0.929. The van der Waals surface area contributed by atoms with Crippen LogP contribution in [-0.2, 0) is 19.0 Å². The van der Waals surface area contributed by atoms with E-state index in [1.807, 2.05) is 34.6 Å². The molecule has 0 unspecified atom stereocenters. The molecule has 0 radical (unpaired) electrons. The molecule has 0 aromatic carbocycles. The number of hydrogen-bond donors (Lipinski definition) is 1. The van der Waals surface area contributed by atoms with Gasteiger partial charge in [-0.15, -0.1) is 12.4 Å². The largest absolute Gasteiger partial charge is 0.460 e. The van der Waals surface area contributed by atoms with Crippen LogP contribution in [0.15, 0.2) is 0 Å². The summed E-state index contributed by atoms with van der Waals surface area (Å²) in [4.78, 5) is 11.3. The predicted molar refractivity (Wildman–Crippen MR) is 105 cm³/mol. The SMILES string of the molecule is COC[C@H](C)CC(=O)OC(C)(C)C.COC[C@H](C)N.Cl.S.S. The van der Waals surface area contributed by atoms with Crippen LogP contribution in [0.1, 0.15) is 41.0 Å². The molecule has 0 spiro atoms. The molecule has 0 aromatic rings. The van der Waals surface area contributed by atoms with E-state index in [9.17, 15) is 4.79 Å². The molecule has 0 aliphatic heterocycles. The van der Waals surface area contributed by atoms with Crippen molar-refractivity contribution >= 4 is 45.4 Å². The number of rotatable bonds is 6. The summed E-state index contributed by atoms with van der Waals surface area (Å²) in [5.74, 6) is 0.0666. The van der Waals surface area contributed by atoms with Gasteiger partial charge in [0.1, 0.15) is 5.60 Å². The first-order valence-electron chi connectivity index (χ1n) is 6.57. The number of nitrogens with two attached hydrogens (primary N) is 1. The van der Waals surface area contributed by atoms with Gasteiger partial charge in [0.05, 0.1) is 13.0 Å². The zero-order chi connectivity index (χ0) is 15.5. The monoisotopic (exact) mass is 381 g/mol. The zero-order valence-corrected chi connectivity index (χ0v) is 17.7. The Labute approximate surface area is 156 Å². The Morgan fingerprint density at radius 2 is 1.45 bits per heavy atom. The van der Waals surface area contributed by atoms with E-state index in [1.54, 1.807) is 14.2 Å². The van der Waals surface area contributed by atoms with E-state index in [1.165, 1.54) is 0 Å². The molecular formula is C14H36ClNO4S2. The number of esters is 1. The van der Waals surface area contributed by atoms with Crippen LogP contribution in [0.4, 0.5) is 0 Å². The Morgan fingerprint density at radius 3 is 1.68 bits per heavy atom. The second-order valence-electron chi connectivity index (χ2n) is 5.78. The van der Waals surface area contributed by atoms with Crippen LogP contribution in [0.2, 0.25) is 0 Å². The Kier molecular flexibility index (Phi) is 29.8. The molecule has 0 heterocycles. The summed E-state index contributed by atoms with van der Waals surface area (Å²) in [6, 6.07) is 0.176. The normalized spacial score (nSPS) is 12.2. The standard InChI is InChI=1S/C10H20O3.C4H11NO.ClH.2H2S/c1-8(7-12-5)6-9(11)13-10(2,3)4;1-4(5)3-6-2;;;/h8H,6-7H2,1-5H3;4H,3,5H2,1-2H3;1H;2*1H2/t8-;4-;;;/m10.../s1. The molecule has 8 heteroatoms. The summed E-state index contributed by atoms with van der Waals surface area (Å²) in [7, 11) is 3.27. The number of halogens is 1. The lowest BCUT2D eigenvalue weighted by atomic mass is 10.1. The molecule has 22 heavy (non-hydrogen) atoms. The number of methoxy groups -OCH3 is 2. The van der Waals surface area contributed by atoms with Crippen LogP contribution in [-0.4, -0.2) is 45.0 Å². The van der Waals surface area contributed by atoms with Crippen molar-refractivity contribution in [1.82, 2.24) is 0 Å². The van der Waals surface area contributed by atoms with Gasteiger partial charge in [0, 0.05) is 26.9 Å². The van der Waals surface area contributed by atoms with E-state index >= 15 is 0 Å². The molecule has 0 amide bonds. The van der Waals surface area contributed by atoms with Crippen molar-refractivity contribution in [1.29, 1.82) is 0 Å². The number of carbonyl (C=O) groups excluding carboxylic acids is 1. The van der Waals surface area contributed by atoms with Crippen molar-refractivity contribution in [2.45, 2.75) is 52.7 Å². The van der Waals surface area contributed by atoms with Gasteiger partial charge < -0.3 is 19.9 Å². The summed E-state index contributed by atoms with van der Waals surface area (Å²) in [6.07, 6.45) is 0.422. The molecule has 0 aliphatic rings. The van der Waals surface area contributed by atoms with Crippen LogP contribution in [0.5, 0.6) is 0 Å². The van der Waals surface area contributed by atoms with Crippen LogP contribution in [0, 0.1) is 5.92 Å². The molecule has 0 saturated heterocycles. The second kappa shape index (κ2) is 19.4. The van der Waals surface area contributed by atoms with E-state index in [0.717, 1.165) is 0 Å². The van der Waals surface area contributed by atoms with Gasteiger partial charge in [-0.25, -0.2) is 0 Å².